The third-order valence-electron chi connectivity index (χ3n) is 3.41. The van der Waals surface area contributed by atoms with E-state index < -0.39 is 0 Å². The number of rotatable bonds is 3. The molecule has 2 aromatic rings. The molecule has 0 saturated carbocycles. The fraction of sp³-hybridized carbons (Fsp3) is 0.462. The van der Waals surface area contributed by atoms with Gasteiger partial charge in [-0.05, 0) is 35.3 Å². The van der Waals surface area contributed by atoms with Crippen molar-refractivity contribution in [3.05, 3.63) is 28.4 Å². The second-order valence-electron chi connectivity index (χ2n) is 4.79. The van der Waals surface area contributed by atoms with E-state index in [9.17, 15) is 0 Å². The Bertz CT molecular complexity index is 607. The van der Waals surface area contributed by atoms with Gasteiger partial charge in [0.1, 0.15) is 6.33 Å². The molecular formula is C13H16BrN5. The topological polar surface area (TPSA) is 46.8 Å². The van der Waals surface area contributed by atoms with Crippen LogP contribution in [-0.2, 0) is 6.54 Å². The molecule has 0 bridgehead atoms. The van der Waals surface area contributed by atoms with Crippen molar-refractivity contribution in [1.82, 2.24) is 19.7 Å². The van der Waals surface area contributed by atoms with E-state index in [0.717, 1.165) is 40.6 Å². The predicted octanol–water partition coefficient (Wildman–Crippen LogP) is 2.85. The van der Waals surface area contributed by atoms with Crippen molar-refractivity contribution < 1.29 is 0 Å². The Hall–Kier alpha value is -1.43. The van der Waals surface area contributed by atoms with Gasteiger partial charge in [0.25, 0.3) is 0 Å². The summed E-state index contributed by atoms with van der Waals surface area (Å²) >= 11 is 3.57. The fourth-order valence-electron chi connectivity index (χ4n) is 2.32. The van der Waals surface area contributed by atoms with E-state index in [2.05, 4.69) is 49.0 Å². The Balaban J connectivity index is 2.10. The molecule has 100 valence electrons. The van der Waals surface area contributed by atoms with Crippen LogP contribution >= 0.6 is 15.9 Å². The number of hydrogen-bond donors (Lipinski definition) is 0. The Kier molecular flexibility index (Phi) is 3.26. The first-order valence-corrected chi connectivity index (χ1v) is 7.31. The highest BCUT2D eigenvalue weighted by molar-refractivity contribution is 9.10. The summed E-state index contributed by atoms with van der Waals surface area (Å²) in [5, 5.41) is 8.19. The molecule has 0 saturated heterocycles. The first-order valence-electron chi connectivity index (χ1n) is 6.52. The van der Waals surface area contributed by atoms with Crippen LogP contribution in [-0.4, -0.2) is 26.3 Å². The minimum Gasteiger partial charge on any atom is -0.361 e. The van der Waals surface area contributed by atoms with Crippen LogP contribution < -0.4 is 4.90 Å². The Labute approximate surface area is 120 Å². The highest BCUT2D eigenvalue weighted by Gasteiger charge is 2.24. The van der Waals surface area contributed by atoms with Crippen molar-refractivity contribution in [3.63, 3.8) is 0 Å². The van der Waals surface area contributed by atoms with E-state index >= 15 is 0 Å². The summed E-state index contributed by atoms with van der Waals surface area (Å²) in [6.07, 6.45) is 4.09. The number of hydrogen-bond acceptors (Lipinski definition) is 4. The summed E-state index contributed by atoms with van der Waals surface area (Å²) in [6.45, 7) is 6.02. The zero-order valence-electron chi connectivity index (χ0n) is 11.1. The van der Waals surface area contributed by atoms with Gasteiger partial charge in [0.15, 0.2) is 11.6 Å². The summed E-state index contributed by atoms with van der Waals surface area (Å²) < 4.78 is 3.03. The summed E-state index contributed by atoms with van der Waals surface area (Å²) in [4.78, 5) is 7.01. The third-order valence-corrected chi connectivity index (χ3v) is 4.22. The van der Waals surface area contributed by atoms with Crippen molar-refractivity contribution in [2.75, 3.05) is 11.4 Å². The molecule has 19 heavy (non-hydrogen) atoms. The lowest BCUT2D eigenvalue weighted by molar-refractivity contribution is 0.662. The lowest BCUT2D eigenvalue weighted by Gasteiger charge is -2.30. The molecule has 0 aliphatic carbocycles. The van der Waals surface area contributed by atoms with Crippen LogP contribution in [0.25, 0.3) is 5.82 Å². The van der Waals surface area contributed by atoms with Gasteiger partial charge < -0.3 is 4.90 Å². The number of aromatic nitrogens is 4. The highest BCUT2D eigenvalue weighted by atomic mass is 79.9. The molecule has 5 nitrogen and oxygen atoms in total. The predicted molar refractivity (Wildman–Crippen MR) is 77.5 cm³/mol. The maximum atomic E-state index is 4.68. The normalized spacial score (nSPS) is 13.3. The van der Waals surface area contributed by atoms with Crippen LogP contribution in [0.15, 0.2) is 16.9 Å². The Morgan fingerprint density at radius 1 is 1.42 bits per heavy atom. The van der Waals surface area contributed by atoms with Gasteiger partial charge in [-0.25, -0.2) is 4.98 Å². The quantitative estimate of drug-likeness (QED) is 0.872. The summed E-state index contributed by atoms with van der Waals surface area (Å²) in [5.74, 6) is 1.89. The van der Waals surface area contributed by atoms with Crippen LogP contribution in [0.5, 0.6) is 0 Å². The van der Waals surface area contributed by atoms with Crippen molar-refractivity contribution in [2.24, 2.45) is 0 Å². The van der Waals surface area contributed by atoms with Gasteiger partial charge in [0, 0.05) is 11.0 Å². The smallest absolute Gasteiger partial charge is 0.163 e. The van der Waals surface area contributed by atoms with Crippen molar-refractivity contribution in [1.29, 1.82) is 0 Å². The van der Waals surface area contributed by atoms with E-state index in [4.69, 9.17) is 0 Å². The average molecular weight is 322 g/mol. The van der Waals surface area contributed by atoms with Crippen LogP contribution in [0.4, 0.5) is 5.69 Å². The minimum atomic E-state index is 0.796. The first-order chi connectivity index (χ1) is 9.20. The van der Waals surface area contributed by atoms with Crippen molar-refractivity contribution in [2.45, 2.75) is 33.2 Å². The standard InChI is InChI=1S/C13H16BrN5/c1-3-4-5-18-7-12-17-15-8-19(12)13-11(18)6-10(14)9(2)16-13/h6,8H,3-5,7H2,1-2H3. The molecule has 3 rings (SSSR count). The van der Waals surface area contributed by atoms with E-state index in [-0.39, 0.29) is 0 Å². The summed E-state index contributed by atoms with van der Waals surface area (Å²) in [7, 11) is 0. The van der Waals surface area contributed by atoms with Gasteiger partial charge in [0.2, 0.25) is 0 Å². The van der Waals surface area contributed by atoms with Crippen LogP contribution in [0.3, 0.4) is 0 Å². The molecule has 0 amide bonds. The monoisotopic (exact) mass is 321 g/mol. The number of unbranched alkanes of at least 4 members (excludes halogenated alkanes) is 1. The molecule has 0 aromatic carbocycles. The van der Waals surface area contributed by atoms with Gasteiger partial charge in [-0.3, -0.25) is 4.57 Å². The molecule has 0 spiro atoms. The molecule has 0 unspecified atom stereocenters. The van der Waals surface area contributed by atoms with E-state index in [1.165, 1.54) is 12.8 Å². The molecule has 2 aromatic heterocycles. The van der Waals surface area contributed by atoms with Crippen LogP contribution in [0, 0.1) is 6.92 Å². The van der Waals surface area contributed by atoms with E-state index in [1.54, 1.807) is 6.33 Å². The average Bonchev–Trinajstić information content (AvgIpc) is 2.86. The molecular weight excluding hydrogens is 306 g/mol. The maximum Gasteiger partial charge on any atom is 0.163 e. The van der Waals surface area contributed by atoms with Crippen molar-refractivity contribution >= 4 is 21.6 Å². The van der Waals surface area contributed by atoms with Crippen molar-refractivity contribution in [3.8, 4) is 5.82 Å². The molecule has 0 radical (unpaired) electrons. The second-order valence-corrected chi connectivity index (χ2v) is 5.64. The summed E-state index contributed by atoms with van der Waals surface area (Å²) in [5.41, 5.74) is 2.13. The largest absolute Gasteiger partial charge is 0.361 e. The molecule has 1 aliphatic heterocycles. The molecule has 0 atom stereocenters. The molecule has 1 aliphatic rings. The van der Waals surface area contributed by atoms with E-state index in [0.29, 0.717) is 0 Å². The number of pyridine rings is 1. The Morgan fingerprint density at radius 2 is 2.26 bits per heavy atom. The van der Waals surface area contributed by atoms with Gasteiger partial charge >= 0.3 is 0 Å². The van der Waals surface area contributed by atoms with Gasteiger partial charge in [-0.15, -0.1) is 10.2 Å². The lowest BCUT2D eigenvalue weighted by atomic mass is 10.2. The highest BCUT2D eigenvalue weighted by Crippen LogP contribution is 2.33. The SMILES string of the molecule is CCCCN1Cc2nncn2-c2nc(C)c(Br)cc21. The van der Waals surface area contributed by atoms with Crippen LogP contribution in [0.1, 0.15) is 31.3 Å². The number of nitrogens with zero attached hydrogens (tertiary/aromatic N) is 5. The fourth-order valence-corrected chi connectivity index (χ4v) is 2.62. The second kappa shape index (κ2) is 4.92. The number of halogens is 1. The maximum absolute atomic E-state index is 4.68. The van der Waals surface area contributed by atoms with Gasteiger partial charge in [0.05, 0.1) is 17.9 Å². The third kappa shape index (κ3) is 2.14. The van der Waals surface area contributed by atoms with Crippen LogP contribution in [0.2, 0.25) is 0 Å². The Morgan fingerprint density at radius 3 is 3.05 bits per heavy atom. The summed E-state index contributed by atoms with van der Waals surface area (Å²) in [6, 6.07) is 2.15. The molecule has 6 heteroatoms. The van der Waals surface area contributed by atoms with Gasteiger partial charge in [-0.1, -0.05) is 13.3 Å². The molecule has 0 N–H and O–H groups in total. The molecule has 3 heterocycles. The van der Waals surface area contributed by atoms with E-state index in [1.807, 2.05) is 11.5 Å². The lowest BCUT2D eigenvalue weighted by Crippen LogP contribution is -2.31. The zero-order valence-corrected chi connectivity index (χ0v) is 12.7. The number of aryl methyl sites for hydroxylation is 1. The zero-order chi connectivity index (χ0) is 13.4. The number of anilines is 1. The van der Waals surface area contributed by atoms with Gasteiger partial charge in [-0.2, -0.15) is 0 Å². The number of fused-ring (bicyclic) bond motifs is 3. The molecule has 0 fully saturated rings. The minimum absolute atomic E-state index is 0.796. The first kappa shape index (κ1) is 12.6.